The molecule has 1 heterocycles. The van der Waals surface area contributed by atoms with Gasteiger partial charge in [0, 0.05) is 28.4 Å². The summed E-state index contributed by atoms with van der Waals surface area (Å²) in [5.41, 5.74) is 0.401. The van der Waals surface area contributed by atoms with Gasteiger partial charge in [-0.2, -0.15) is 0 Å². The summed E-state index contributed by atoms with van der Waals surface area (Å²) in [5, 5.41) is 1.44. The molecule has 2 fully saturated rings. The number of hydrogen-bond acceptors (Lipinski definition) is 2. The molecule has 1 atom stereocenters. The third-order valence-corrected chi connectivity index (χ3v) is 7.39. The van der Waals surface area contributed by atoms with Crippen LogP contribution in [-0.2, 0) is 11.2 Å². The maximum absolute atomic E-state index is 15.6. The van der Waals surface area contributed by atoms with E-state index in [1.165, 1.54) is 12.1 Å². The Morgan fingerprint density at radius 3 is 2.57 bits per heavy atom. The molecule has 0 radical (unpaired) electrons. The van der Waals surface area contributed by atoms with E-state index in [1.54, 1.807) is 36.5 Å². The van der Waals surface area contributed by atoms with Crippen LogP contribution >= 0.6 is 11.6 Å². The molecule has 0 unspecified atom stereocenters. The number of benzene rings is 2. The van der Waals surface area contributed by atoms with E-state index in [0.717, 1.165) is 34.9 Å². The minimum Gasteiger partial charge on any atom is -0.296 e. The summed E-state index contributed by atoms with van der Waals surface area (Å²) in [6.07, 6.45) is 5.15. The van der Waals surface area contributed by atoms with Gasteiger partial charge in [0.25, 0.3) is 0 Å². The van der Waals surface area contributed by atoms with Gasteiger partial charge in [-0.3, -0.25) is 9.78 Å². The van der Waals surface area contributed by atoms with Gasteiger partial charge in [-0.15, -0.1) is 0 Å². The lowest BCUT2D eigenvalue weighted by molar-refractivity contribution is -0.126. The van der Waals surface area contributed by atoms with Crippen LogP contribution in [0.2, 0.25) is 5.02 Å². The van der Waals surface area contributed by atoms with Crippen molar-refractivity contribution in [2.75, 3.05) is 0 Å². The second-order valence-electron chi connectivity index (χ2n) is 8.82. The average molecular weight is 426 g/mol. The lowest BCUT2D eigenvalue weighted by Gasteiger charge is -2.31. The first-order valence-electron chi connectivity index (χ1n) is 10.4. The summed E-state index contributed by atoms with van der Waals surface area (Å²) in [7, 11) is 0. The normalized spacial score (nSPS) is 28.0. The molecule has 3 aromatic rings. The molecule has 5 rings (SSSR count). The predicted molar refractivity (Wildman–Crippen MR) is 114 cm³/mol. The van der Waals surface area contributed by atoms with E-state index in [4.69, 9.17) is 11.6 Å². The zero-order chi connectivity index (χ0) is 20.9. The number of Topliss-reactive ketones (excluding diaryl/α,β-unsaturated/α-hetero) is 1. The van der Waals surface area contributed by atoms with Crippen molar-refractivity contribution in [3.8, 4) is 0 Å². The fraction of sp³-hybridized carbons (Fsp3) is 0.360. The largest absolute Gasteiger partial charge is 0.296 e. The zero-order valence-corrected chi connectivity index (χ0v) is 17.3. The van der Waals surface area contributed by atoms with E-state index in [9.17, 15) is 9.18 Å². The Labute approximate surface area is 179 Å². The van der Waals surface area contributed by atoms with Crippen LogP contribution < -0.4 is 0 Å². The van der Waals surface area contributed by atoms with Crippen LogP contribution in [0.4, 0.5) is 8.78 Å². The number of rotatable bonds is 4. The molecule has 154 valence electrons. The standard InChI is InChI=1S/C25H22ClF2NO/c26-18-3-1-16(2-4-18)13-23(30)25(28)15-24(25)10-7-17(8-11-24)20-9-12-29-22-6-5-19(27)14-21(20)22/h1-6,9,12,14,17H,7-8,10-11,13,15H2/t17?,24?,25-/m0/s1. The van der Waals surface area contributed by atoms with Crippen LogP contribution in [0.1, 0.15) is 49.1 Å². The Kier molecular flexibility index (Phi) is 4.66. The Morgan fingerprint density at radius 1 is 1.10 bits per heavy atom. The zero-order valence-electron chi connectivity index (χ0n) is 16.5. The molecule has 0 saturated heterocycles. The van der Waals surface area contributed by atoms with E-state index < -0.39 is 11.1 Å². The fourth-order valence-electron chi connectivity index (χ4n) is 5.29. The topological polar surface area (TPSA) is 30.0 Å². The SMILES string of the molecule is O=C(Cc1ccc(Cl)cc1)[C@@]1(F)CC12CCC(c1ccnc3ccc(F)cc13)CC2. The third-order valence-electron chi connectivity index (χ3n) is 7.14. The number of hydrogen-bond donors (Lipinski definition) is 0. The quantitative estimate of drug-likeness (QED) is 0.471. The van der Waals surface area contributed by atoms with E-state index >= 15 is 4.39 Å². The Hall–Kier alpha value is -2.33. The second kappa shape index (κ2) is 7.12. The average Bonchev–Trinajstić information content (AvgIpc) is 3.34. The van der Waals surface area contributed by atoms with E-state index in [2.05, 4.69) is 4.98 Å². The van der Waals surface area contributed by atoms with Crippen molar-refractivity contribution in [3.63, 3.8) is 0 Å². The number of carbonyl (C=O) groups excluding carboxylic acids is 1. The number of pyridine rings is 1. The van der Waals surface area contributed by atoms with Crippen LogP contribution in [0.15, 0.2) is 54.7 Å². The van der Waals surface area contributed by atoms with E-state index in [1.807, 2.05) is 6.07 Å². The van der Waals surface area contributed by atoms with Gasteiger partial charge in [0.2, 0.25) is 0 Å². The van der Waals surface area contributed by atoms with Crippen molar-refractivity contribution >= 4 is 28.3 Å². The maximum atomic E-state index is 15.6. The molecular weight excluding hydrogens is 404 g/mol. The second-order valence-corrected chi connectivity index (χ2v) is 9.26. The van der Waals surface area contributed by atoms with Crippen LogP contribution in [-0.4, -0.2) is 16.4 Å². The summed E-state index contributed by atoms with van der Waals surface area (Å²) in [4.78, 5) is 17.1. The van der Waals surface area contributed by atoms with Crippen LogP contribution in [0.3, 0.4) is 0 Å². The molecular formula is C25H22ClF2NO. The lowest BCUT2D eigenvalue weighted by Crippen LogP contribution is -2.30. The Morgan fingerprint density at radius 2 is 1.83 bits per heavy atom. The molecule has 0 amide bonds. The first kappa shape index (κ1) is 19.6. The molecule has 0 bridgehead atoms. The minimum atomic E-state index is -1.72. The Bertz CT molecular complexity index is 1120. The number of nitrogens with zero attached hydrogens (tertiary/aromatic N) is 1. The highest BCUT2D eigenvalue weighted by Gasteiger charge is 2.72. The van der Waals surface area contributed by atoms with Gasteiger partial charge in [-0.25, -0.2) is 8.78 Å². The molecule has 2 nitrogen and oxygen atoms in total. The van der Waals surface area contributed by atoms with Gasteiger partial charge in [-0.1, -0.05) is 23.7 Å². The van der Waals surface area contributed by atoms with Crippen LogP contribution in [0, 0.1) is 11.2 Å². The number of carbonyl (C=O) groups is 1. The van der Waals surface area contributed by atoms with Crippen molar-refractivity contribution in [2.24, 2.45) is 5.41 Å². The first-order valence-corrected chi connectivity index (χ1v) is 10.8. The molecule has 2 aromatic carbocycles. The van der Waals surface area contributed by atoms with Gasteiger partial charge >= 0.3 is 0 Å². The number of aromatic nitrogens is 1. The van der Waals surface area contributed by atoms with Crippen molar-refractivity contribution < 1.29 is 13.6 Å². The Balaban J connectivity index is 1.30. The molecule has 0 N–H and O–H groups in total. The number of fused-ring (bicyclic) bond motifs is 1. The summed E-state index contributed by atoms with van der Waals surface area (Å²) in [6, 6.07) is 13.6. The number of ketones is 1. The molecule has 30 heavy (non-hydrogen) atoms. The van der Waals surface area contributed by atoms with Crippen LogP contribution in [0.5, 0.6) is 0 Å². The number of alkyl halides is 1. The lowest BCUT2D eigenvalue weighted by atomic mass is 9.74. The van der Waals surface area contributed by atoms with Crippen LogP contribution in [0.25, 0.3) is 10.9 Å². The van der Waals surface area contributed by atoms with Gasteiger partial charge < -0.3 is 0 Å². The van der Waals surface area contributed by atoms with Gasteiger partial charge in [0.05, 0.1) is 5.52 Å². The highest BCUT2D eigenvalue weighted by Crippen LogP contribution is 2.68. The van der Waals surface area contributed by atoms with Crippen molar-refractivity contribution in [1.29, 1.82) is 0 Å². The summed E-state index contributed by atoms with van der Waals surface area (Å²) in [6.45, 7) is 0. The summed E-state index contributed by atoms with van der Waals surface area (Å²) < 4.78 is 29.4. The third kappa shape index (κ3) is 3.22. The molecule has 2 aliphatic carbocycles. The highest BCUT2D eigenvalue weighted by atomic mass is 35.5. The smallest absolute Gasteiger partial charge is 0.175 e. The summed E-state index contributed by atoms with van der Waals surface area (Å²) in [5.74, 6) is -0.361. The summed E-state index contributed by atoms with van der Waals surface area (Å²) >= 11 is 5.89. The first-order chi connectivity index (χ1) is 14.4. The molecule has 2 saturated carbocycles. The molecule has 1 spiro atoms. The monoisotopic (exact) mass is 425 g/mol. The van der Waals surface area contributed by atoms with Gasteiger partial charge in [-0.05, 0) is 85.5 Å². The molecule has 0 aliphatic heterocycles. The predicted octanol–water partition coefficient (Wildman–Crippen LogP) is 6.60. The van der Waals surface area contributed by atoms with E-state index in [0.29, 0.717) is 24.3 Å². The minimum absolute atomic E-state index is 0.104. The van der Waals surface area contributed by atoms with Crippen molar-refractivity contribution in [1.82, 2.24) is 4.98 Å². The molecule has 5 heteroatoms. The van der Waals surface area contributed by atoms with E-state index in [-0.39, 0.29) is 23.9 Å². The van der Waals surface area contributed by atoms with Crippen molar-refractivity contribution in [2.45, 2.75) is 50.1 Å². The van der Waals surface area contributed by atoms with Gasteiger partial charge in [0.15, 0.2) is 11.5 Å². The highest BCUT2D eigenvalue weighted by molar-refractivity contribution is 6.30. The fourth-order valence-corrected chi connectivity index (χ4v) is 5.42. The maximum Gasteiger partial charge on any atom is 0.175 e. The van der Waals surface area contributed by atoms with Crippen molar-refractivity contribution in [3.05, 3.63) is 76.7 Å². The number of halogens is 3. The molecule has 1 aromatic heterocycles. The van der Waals surface area contributed by atoms with Gasteiger partial charge in [0.1, 0.15) is 5.82 Å². The molecule has 2 aliphatic rings.